The summed E-state index contributed by atoms with van der Waals surface area (Å²) in [6.45, 7) is 2.36. The van der Waals surface area contributed by atoms with Gasteiger partial charge in [0.1, 0.15) is 12.2 Å². The van der Waals surface area contributed by atoms with Crippen molar-refractivity contribution in [1.29, 1.82) is 0 Å². The number of halogens is 3. The third kappa shape index (κ3) is 5.73. The van der Waals surface area contributed by atoms with E-state index in [1.54, 1.807) is 48.5 Å². The number of nitrogens with zero attached hydrogens (tertiary/aromatic N) is 1. The number of hydrogen-bond donors (Lipinski definition) is 1. The maximum Gasteiger partial charge on any atom is 0.335 e. The molecule has 36 heavy (non-hydrogen) atoms. The van der Waals surface area contributed by atoms with Crippen molar-refractivity contribution in [1.82, 2.24) is 5.32 Å². The summed E-state index contributed by atoms with van der Waals surface area (Å²) in [7, 11) is 0. The molecule has 4 rings (SSSR count). The number of amides is 4. The SMILES string of the molecule is CCOc1cc(/C=C2/C(=O)NC(=O)N(c3ccc(Br)cc3)C2=O)cc(Cl)c1OCc1ccc(Cl)cc1. The Balaban J connectivity index is 1.65. The fourth-order valence-corrected chi connectivity index (χ4v) is 4.12. The molecule has 1 N–H and O–H groups in total. The van der Waals surface area contributed by atoms with Crippen LogP contribution in [0.3, 0.4) is 0 Å². The zero-order valence-corrected chi connectivity index (χ0v) is 22.0. The van der Waals surface area contributed by atoms with Gasteiger partial charge in [-0.05, 0) is 72.7 Å². The minimum atomic E-state index is -0.830. The molecule has 1 aliphatic rings. The molecular weight excluding hydrogens is 571 g/mol. The number of hydrogen-bond acceptors (Lipinski definition) is 5. The number of carbonyl (C=O) groups excluding carboxylic acids is 3. The standard InChI is InChI=1S/C26H19BrCl2N2O5/c1-2-35-22-13-16(12-21(29)23(22)36-14-15-3-7-18(28)8-4-15)11-20-24(32)30-26(34)31(25(20)33)19-9-5-17(27)6-10-19/h3-13H,2,14H2,1H3,(H,30,32,34)/b20-11-. The molecule has 0 spiro atoms. The lowest BCUT2D eigenvalue weighted by Crippen LogP contribution is -2.54. The van der Waals surface area contributed by atoms with Gasteiger partial charge in [-0.1, -0.05) is 51.3 Å². The summed E-state index contributed by atoms with van der Waals surface area (Å²) < 4.78 is 12.4. The molecule has 0 saturated carbocycles. The Morgan fingerprint density at radius 3 is 2.33 bits per heavy atom. The normalized spacial score (nSPS) is 14.7. The van der Waals surface area contributed by atoms with E-state index in [4.69, 9.17) is 32.7 Å². The van der Waals surface area contributed by atoms with E-state index in [9.17, 15) is 14.4 Å². The molecular formula is C26H19BrCl2N2O5. The lowest BCUT2D eigenvalue weighted by atomic mass is 10.1. The number of ether oxygens (including phenoxy) is 2. The van der Waals surface area contributed by atoms with Crippen LogP contribution in [0.15, 0.2) is 70.7 Å². The monoisotopic (exact) mass is 588 g/mol. The van der Waals surface area contributed by atoms with Gasteiger partial charge >= 0.3 is 6.03 Å². The molecule has 184 valence electrons. The molecule has 1 heterocycles. The first-order valence-electron chi connectivity index (χ1n) is 10.8. The summed E-state index contributed by atoms with van der Waals surface area (Å²) in [5.74, 6) is -0.907. The van der Waals surface area contributed by atoms with Crippen LogP contribution in [-0.4, -0.2) is 24.5 Å². The number of urea groups is 1. The quantitative estimate of drug-likeness (QED) is 0.255. The van der Waals surface area contributed by atoms with Crippen molar-refractivity contribution in [3.05, 3.63) is 91.9 Å². The summed E-state index contributed by atoms with van der Waals surface area (Å²) in [5, 5.41) is 3.04. The first-order chi connectivity index (χ1) is 17.3. The molecule has 0 atom stereocenters. The average molecular weight is 590 g/mol. The van der Waals surface area contributed by atoms with E-state index in [0.717, 1.165) is 14.9 Å². The fraction of sp³-hybridized carbons (Fsp3) is 0.115. The average Bonchev–Trinajstić information content (AvgIpc) is 2.83. The number of nitrogens with one attached hydrogen (secondary N) is 1. The first-order valence-corrected chi connectivity index (χ1v) is 12.3. The van der Waals surface area contributed by atoms with Crippen molar-refractivity contribution in [2.75, 3.05) is 11.5 Å². The Hall–Kier alpha value is -3.33. The largest absolute Gasteiger partial charge is 0.490 e. The van der Waals surface area contributed by atoms with Gasteiger partial charge < -0.3 is 9.47 Å². The van der Waals surface area contributed by atoms with Crippen LogP contribution >= 0.6 is 39.1 Å². The molecule has 0 radical (unpaired) electrons. The number of barbiturate groups is 1. The van der Waals surface area contributed by atoms with Gasteiger partial charge in [0.15, 0.2) is 11.5 Å². The van der Waals surface area contributed by atoms with Crippen molar-refractivity contribution >= 4 is 68.7 Å². The highest BCUT2D eigenvalue weighted by molar-refractivity contribution is 9.10. The zero-order valence-electron chi connectivity index (χ0n) is 18.9. The van der Waals surface area contributed by atoms with Crippen LogP contribution in [0.1, 0.15) is 18.1 Å². The molecule has 7 nitrogen and oxygen atoms in total. The van der Waals surface area contributed by atoms with Crippen LogP contribution in [-0.2, 0) is 16.2 Å². The van der Waals surface area contributed by atoms with Crippen LogP contribution in [0.4, 0.5) is 10.5 Å². The highest BCUT2D eigenvalue weighted by atomic mass is 79.9. The molecule has 1 fully saturated rings. The lowest BCUT2D eigenvalue weighted by Gasteiger charge is -2.26. The number of anilines is 1. The van der Waals surface area contributed by atoms with E-state index in [1.165, 1.54) is 6.08 Å². The van der Waals surface area contributed by atoms with E-state index in [2.05, 4.69) is 21.2 Å². The van der Waals surface area contributed by atoms with Crippen molar-refractivity contribution in [3.63, 3.8) is 0 Å². The summed E-state index contributed by atoms with van der Waals surface area (Å²) in [4.78, 5) is 39.0. The van der Waals surface area contributed by atoms with Gasteiger partial charge in [0, 0.05) is 9.50 Å². The number of carbonyl (C=O) groups is 3. The summed E-state index contributed by atoms with van der Waals surface area (Å²) in [6, 6.07) is 16.1. The highest BCUT2D eigenvalue weighted by Gasteiger charge is 2.36. The third-order valence-electron chi connectivity index (χ3n) is 5.13. The van der Waals surface area contributed by atoms with Crippen LogP contribution in [0.25, 0.3) is 6.08 Å². The molecule has 3 aromatic rings. The smallest absolute Gasteiger partial charge is 0.335 e. The summed E-state index contributed by atoms with van der Waals surface area (Å²) in [6.07, 6.45) is 1.35. The number of imide groups is 2. The second-order valence-corrected chi connectivity index (χ2v) is 9.37. The van der Waals surface area contributed by atoms with E-state index in [-0.39, 0.29) is 17.2 Å². The van der Waals surface area contributed by atoms with E-state index < -0.39 is 17.8 Å². The van der Waals surface area contributed by atoms with E-state index in [0.29, 0.717) is 34.4 Å². The highest BCUT2D eigenvalue weighted by Crippen LogP contribution is 2.38. The van der Waals surface area contributed by atoms with Crippen LogP contribution < -0.4 is 19.7 Å². The Morgan fingerprint density at radius 1 is 0.972 bits per heavy atom. The van der Waals surface area contributed by atoms with Gasteiger partial charge in [0.25, 0.3) is 11.8 Å². The van der Waals surface area contributed by atoms with Gasteiger partial charge in [-0.2, -0.15) is 0 Å². The molecule has 1 saturated heterocycles. The van der Waals surface area contributed by atoms with Crippen molar-refractivity contribution < 1.29 is 23.9 Å². The van der Waals surface area contributed by atoms with Gasteiger partial charge in [-0.15, -0.1) is 0 Å². The maximum atomic E-state index is 13.1. The van der Waals surface area contributed by atoms with Crippen molar-refractivity contribution in [2.45, 2.75) is 13.5 Å². The number of benzene rings is 3. The first kappa shape index (κ1) is 25.8. The van der Waals surface area contributed by atoms with Gasteiger partial charge in [0.05, 0.1) is 17.3 Å². The number of rotatable bonds is 7. The van der Waals surface area contributed by atoms with Gasteiger partial charge in [-0.25, -0.2) is 9.69 Å². The Bertz CT molecular complexity index is 1360. The fourth-order valence-electron chi connectivity index (χ4n) is 3.46. The molecule has 0 bridgehead atoms. The Morgan fingerprint density at radius 2 is 1.67 bits per heavy atom. The minimum absolute atomic E-state index is 0.225. The lowest BCUT2D eigenvalue weighted by molar-refractivity contribution is -0.122. The molecule has 0 aliphatic carbocycles. The van der Waals surface area contributed by atoms with E-state index >= 15 is 0 Å². The maximum absolute atomic E-state index is 13.1. The molecule has 3 aromatic carbocycles. The van der Waals surface area contributed by atoms with Crippen LogP contribution in [0, 0.1) is 0 Å². The Kier molecular flexibility index (Phi) is 7.98. The minimum Gasteiger partial charge on any atom is -0.490 e. The molecule has 4 amide bonds. The predicted octanol–water partition coefficient (Wildman–Crippen LogP) is 6.40. The van der Waals surface area contributed by atoms with Gasteiger partial charge in [0.2, 0.25) is 0 Å². The van der Waals surface area contributed by atoms with Gasteiger partial charge in [-0.3, -0.25) is 14.9 Å². The molecule has 1 aliphatic heterocycles. The molecule has 10 heteroatoms. The summed E-state index contributed by atoms with van der Waals surface area (Å²) >= 11 is 15.8. The van der Waals surface area contributed by atoms with Crippen molar-refractivity contribution in [3.8, 4) is 11.5 Å². The second-order valence-electron chi connectivity index (χ2n) is 7.61. The predicted molar refractivity (Wildman–Crippen MR) is 142 cm³/mol. The molecule has 0 aromatic heterocycles. The van der Waals surface area contributed by atoms with E-state index in [1.807, 2.05) is 19.1 Å². The third-order valence-corrected chi connectivity index (χ3v) is 6.19. The Labute approximate surface area is 225 Å². The van der Waals surface area contributed by atoms with Crippen LogP contribution in [0.2, 0.25) is 10.0 Å². The van der Waals surface area contributed by atoms with Crippen molar-refractivity contribution in [2.24, 2.45) is 0 Å². The second kappa shape index (κ2) is 11.2. The summed E-state index contributed by atoms with van der Waals surface area (Å²) in [5.41, 5.74) is 1.39. The van der Waals surface area contributed by atoms with Crippen LogP contribution in [0.5, 0.6) is 11.5 Å². The zero-order chi connectivity index (χ0) is 25.8. The topological polar surface area (TPSA) is 84.9 Å². The molecule has 0 unspecified atom stereocenters.